The van der Waals surface area contributed by atoms with E-state index in [0.29, 0.717) is 0 Å². The Morgan fingerprint density at radius 3 is 2.37 bits per heavy atom. The molecule has 30 heavy (non-hydrogen) atoms. The van der Waals surface area contributed by atoms with Crippen LogP contribution in [0.1, 0.15) is 18.7 Å². The summed E-state index contributed by atoms with van der Waals surface area (Å²) in [7, 11) is 2.17. The van der Waals surface area contributed by atoms with E-state index in [-0.39, 0.29) is 11.4 Å². The molecule has 2 heterocycles. The van der Waals surface area contributed by atoms with Crippen LogP contribution in [0.25, 0.3) is 26.8 Å². The van der Waals surface area contributed by atoms with Gasteiger partial charge < -0.3 is 9.80 Å². The largest absolute Gasteiger partial charge is 0.369 e. The number of carbonyl (C=O) groups is 1. The molecule has 5 heteroatoms. The van der Waals surface area contributed by atoms with E-state index in [1.54, 1.807) is 11.3 Å². The molecule has 0 N–H and O–H groups in total. The molecule has 0 aliphatic carbocycles. The van der Waals surface area contributed by atoms with Crippen molar-refractivity contribution in [1.82, 2.24) is 4.90 Å². The second kappa shape index (κ2) is 8.43. The zero-order chi connectivity index (χ0) is 21.3. The molecule has 2 aromatic carbocycles. The molecular weight excluding hydrogens is 390 g/mol. The van der Waals surface area contributed by atoms with Crippen LogP contribution in [0, 0.1) is 11.3 Å². The number of hydrogen-bond acceptors (Lipinski definition) is 5. The summed E-state index contributed by atoms with van der Waals surface area (Å²) in [4.78, 5) is 18.6. The Labute approximate surface area is 181 Å². The standard InChI is InChI=1S/C25H25N3OS/c1-17(23(16-26)18(2)29)24-8-9-25(30-24)21-5-4-20-15-22(7-6-19(20)14-21)28-12-10-27(3)11-13-28/h4-9,14-15H,10-13H2,1-3H3/b23-17+. The molecule has 1 aromatic heterocycles. The van der Waals surface area contributed by atoms with Crippen LogP contribution in [-0.2, 0) is 4.79 Å². The summed E-state index contributed by atoms with van der Waals surface area (Å²) in [5.74, 6) is -0.188. The van der Waals surface area contributed by atoms with Gasteiger partial charge in [-0.15, -0.1) is 11.3 Å². The van der Waals surface area contributed by atoms with Crippen molar-refractivity contribution in [3.05, 3.63) is 59.0 Å². The van der Waals surface area contributed by atoms with Crippen LogP contribution in [0.4, 0.5) is 5.69 Å². The van der Waals surface area contributed by atoms with Crippen molar-refractivity contribution in [3.63, 3.8) is 0 Å². The molecule has 1 aliphatic heterocycles. The molecule has 0 atom stereocenters. The predicted molar refractivity (Wildman–Crippen MR) is 126 cm³/mol. The monoisotopic (exact) mass is 415 g/mol. The number of likely N-dealkylation sites (N-methyl/N-ethyl adjacent to an activating group) is 1. The van der Waals surface area contributed by atoms with Crippen LogP contribution in [0.3, 0.4) is 0 Å². The molecule has 0 amide bonds. The van der Waals surface area contributed by atoms with E-state index in [9.17, 15) is 10.1 Å². The maximum absolute atomic E-state index is 11.7. The van der Waals surface area contributed by atoms with Gasteiger partial charge >= 0.3 is 0 Å². The summed E-state index contributed by atoms with van der Waals surface area (Å²) in [5.41, 5.74) is 3.42. The number of Topliss-reactive ketones (excluding diaryl/α,β-unsaturated/α-hetero) is 1. The van der Waals surface area contributed by atoms with Crippen LogP contribution >= 0.6 is 11.3 Å². The van der Waals surface area contributed by atoms with Gasteiger partial charge in [0.05, 0.1) is 5.57 Å². The number of carbonyl (C=O) groups excluding carboxylic acids is 1. The Bertz CT molecular complexity index is 1180. The fraction of sp³-hybridized carbons (Fsp3) is 0.280. The van der Waals surface area contributed by atoms with Crippen molar-refractivity contribution in [1.29, 1.82) is 5.26 Å². The van der Waals surface area contributed by atoms with Gasteiger partial charge in [0.25, 0.3) is 0 Å². The average Bonchev–Trinajstić information content (AvgIpc) is 3.24. The molecule has 3 aromatic rings. The molecule has 0 bridgehead atoms. The van der Waals surface area contributed by atoms with Gasteiger partial charge in [0.1, 0.15) is 6.07 Å². The number of benzene rings is 2. The lowest BCUT2D eigenvalue weighted by atomic mass is 10.0. The van der Waals surface area contributed by atoms with Crippen LogP contribution in [0.5, 0.6) is 0 Å². The number of piperazine rings is 1. The lowest BCUT2D eigenvalue weighted by Crippen LogP contribution is -2.44. The first kappa shape index (κ1) is 20.3. The highest BCUT2D eigenvalue weighted by Gasteiger charge is 2.15. The van der Waals surface area contributed by atoms with Crippen LogP contribution in [-0.4, -0.2) is 43.9 Å². The third kappa shape index (κ3) is 4.02. The van der Waals surface area contributed by atoms with E-state index in [1.165, 1.54) is 23.4 Å². The van der Waals surface area contributed by atoms with E-state index in [4.69, 9.17) is 0 Å². The normalized spacial score (nSPS) is 15.7. The third-order valence-corrected chi connectivity index (χ3v) is 7.05. The molecule has 152 valence electrons. The summed E-state index contributed by atoms with van der Waals surface area (Å²) in [6, 6.07) is 19.4. The van der Waals surface area contributed by atoms with Crippen molar-refractivity contribution in [2.75, 3.05) is 38.1 Å². The Morgan fingerprint density at radius 2 is 1.67 bits per heavy atom. The molecule has 4 nitrogen and oxygen atoms in total. The topological polar surface area (TPSA) is 47.3 Å². The van der Waals surface area contributed by atoms with Gasteiger partial charge in [-0.3, -0.25) is 4.79 Å². The number of nitriles is 1. The first-order chi connectivity index (χ1) is 14.5. The summed E-state index contributed by atoms with van der Waals surface area (Å²) in [6.45, 7) is 7.61. The van der Waals surface area contributed by atoms with Crippen LogP contribution < -0.4 is 4.90 Å². The van der Waals surface area contributed by atoms with Crippen LogP contribution in [0.2, 0.25) is 0 Å². The van der Waals surface area contributed by atoms with Crippen LogP contribution in [0.15, 0.2) is 54.1 Å². The highest BCUT2D eigenvalue weighted by molar-refractivity contribution is 7.16. The molecule has 1 saturated heterocycles. The quantitative estimate of drug-likeness (QED) is 0.434. The van der Waals surface area contributed by atoms with Gasteiger partial charge in [-0.2, -0.15) is 5.26 Å². The van der Waals surface area contributed by atoms with Crippen molar-refractivity contribution in [2.24, 2.45) is 0 Å². The molecule has 0 radical (unpaired) electrons. The van der Waals surface area contributed by atoms with E-state index in [0.717, 1.165) is 47.1 Å². The van der Waals surface area contributed by atoms with Crippen molar-refractivity contribution < 1.29 is 4.79 Å². The minimum Gasteiger partial charge on any atom is -0.369 e. The molecule has 1 aliphatic rings. The highest BCUT2D eigenvalue weighted by atomic mass is 32.1. The number of hydrogen-bond donors (Lipinski definition) is 0. The molecule has 0 saturated carbocycles. The van der Waals surface area contributed by atoms with Gasteiger partial charge in [0.2, 0.25) is 0 Å². The zero-order valence-electron chi connectivity index (χ0n) is 17.6. The lowest BCUT2D eigenvalue weighted by Gasteiger charge is -2.34. The maximum Gasteiger partial charge on any atom is 0.170 e. The van der Waals surface area contributed by atoms with Gasteiger partial charge in [0.15, 0.2) is 5.78 Å². The van der Waals surface area contributed by atoms with Crippen molar-refractivity contribution in [2.45, 2.75) is 13.8 Å². The molecular formula is C25H25N3OS. The summed E-state index contributed by atoms with van der Waals surface area (Å²) in [6.07, 6.45) is 0. The van der Waals surface area contributed by atoms with Crippen molar-refractivity contribution >= 4 is 39.2 Å². The Morgan fingerprint density at radius 1 is 0.967 bits per heavy atom. The highest BCUT2D eigenvalue weighted by Crippen LogP contribution is 2.35. The number of thiophene rings is 1. The average molecular weight is 416 g/mol. The molecule has 0 spiro atoms. The Hall–Kier alpha value is -2.94. The van der Waals surface area contributed by atoms with E-state index in [1.807, 2.05) is 19.1 Å². The second-order valence-corrected chi connectivity index (χ2v) is 8.95. The summed E-state index contributed by atoms with van der Waals surface area (Å²) in [5, 5.41) is 11.7. The maximum atomic E-state index is 11.7. The molecule has 4 rings (SSSR count). The summed E-state index contributed by atoms with van der Waals surface area (Å²) >= 11 is 1.62. The fourth-order valence-corrected chi connectivity index (χ4v) is 4.90. The first-order valence-corrected chi connectivity index (χ1v) is 11.0. The molecule has 0 unspecified atom stereocenters. The van der Waals surface area contributed by atoms with Gasteiger partial charge in [-0.25, -0.2) is 0 Å². The van der Waals surface area contributed by atoms with Gasteiger partial charge in [0, 0.05) is 41.6 Å². The van der Waals surface area contributed by atoms with E-state index < -0.39 is 0 Å². The Kier molecular flexibility index (Phi) is 5.72. The minimum absolute atomic E-state index is 0.188. The number of rotatable bonds is 4. The SMILES string of the molecule is CC(=O)/C(C#N)=C(\C)c1ccc(-c2ccc3cc(N4CCN(C)CC4)ccc3c2)s1. The predicted octanol–water partition coefficient (Wildman–Crippen LogP) is 5.21. The number of allylic oxidation sites excluding steroid dienone is 2. The summed E-state index contributed by atoms with van der Waals surface area (Å²) < 4.78 is 0. The van der Waals surface area contributed by atoms with E-state index >= 15 is 0 Å². The van der Waals surface area contributed by atoms with Gasteiger partial charge in [-0.05, 0) is 73.1 Å². The number of ketones is 1. The van der Waals surface area contributed by atoms with E-state index in [2.05, 4.69) is 59.3 Å². The smallest absolute Gasteiger partial charge is 0.170 e. The van der Waals surface area contributed by atoms with Gasteiger partial charge in [-0.1, -0.05) is 18.2 Å². The van der Waals surface area contributed by atoms with Crippen molar-refractivity contribution in [3.8, 4) is 16.5 Å². The number of nitrogens with zero attached hydrogens (tertiary/aromatic N) is 3. The second-order valence-electron chi connectivity index (χ2n) is 7.87. The third-order valence-electron chi connectivity index (χ3n) is 5.79. The zero-order valence-corrected chi connectivity index (χ0v) is 18.4. The fourth-order valence-electron chi connectivity index (χ4n) is 3.89. The molecule has 1 fully saturated rings. The first-order valence-electron chi connectivity index (χ1n) is 10.2. The number of fused-ring (bicyclic) bond motifs is 1. The lowest BCUT2D eigenvalue weighted by molar-refractivity contribution is -0.113. The number of anilines is 1. The minimum atomic E-state index is -0.188. The Balaban J connectivity index is 1.62.